The largest absolute Gasteiger partial charge is 0.452 e. The summed E-state index contributed by atoms with van der Waals surface area (Å²) in [5, 5.41) is 0. The topological polar surface area (TPSA) is 92.8 Å². The fourth-order valence-electron chi connectivity index (χ4n) is 3.18. The quantitative estimate of drug-likeness (QED) is 0.725. The summed E-state index contributed by atoms with van der Waals surface area (Å²) in [6, 6.07) is 14.2. The number of carbonyl (C=O) groups excluding carboxylic acids is 2. The highest BCUT2D eigenvalue weighted by Crippen LogP contribution is 2.19. The van der Waals surface area contributed by atoms with E-state index >= 15 is 0 Å². The van der Waals surface area contributed by atoms with E-state index in [2.05, 4.69) is 4.72 Å². The average molecular weight is 416 g/mol. The second-order valence-electron chi connectivity index (χ2n) is 7.05. The summed E-state index contributed by atoms with van der Waals surface area (Å²) in [5.74, 6) is -1.10. The van der Waals surface area contributed by atoms with Crippen LogP contribution < -0.4 is 4.72 Å². The van der Waals surface area contributed by atoms with Gasteiger partial charge in [-0.2, -0.15) is 4.72 Å². The zero-order chi connectivity index (χ0) is 21.0. The third-order valence-electron chi connectivity index (χ3n) is 4.84. The second kappa shape index (κ2) is 8.75. The molecular formula is C21H24N2O5S. The molecule has 0 aromatic heterocycles. The third-order valence-corrected chi connectivity index (χ3v) is 6.25. The Morgan fingerprint density at radius 1 is 1.10 bits per heavy atom. The minimum Gasteiger partial charge on any atom is -0.452 e. The summed E-state index contributed by atoms with van der Waals surface area (Å²) >= 11 is 0. The smallest absolute Gasteiger partial charge is 0.321 e. The van der Waals surface area contributed by atoms with Crippen molar-refractivity contribution in [3.63, 3.8) is 0 Å². The van der Waals surface area contributed by atoms with E-state index in [-0.39, 0.29) is 10.8 Å². The predicted molar refractivity (Wildman–Crippen MR) is 107 cm³/mol. The molecule has 8 heteroatoms. The van der Waals surface area contributed by atoms with Crippen molar-refractivity contribution in [2.75, 3.05) is 13.1 Å². The molecule has 7 nitrogen and oxygen atoms in total. The highest BCUT2D eigenvalue weighted by Gasteiger charge is 2.27. The Kier molecular flexibility index (Phi) is 6.34. The van der Waals surface area contributed by atoms with Crippen LogP contribution in [0.5, 0.6) is 0 Å². The van der Waals surface area contributed by atoms with Crippen molar-refractivity contribution in [1.82, 2.24) is 9.62 Å². The van der Waals surface area contributed by atoms with Crippen molar-refractivity contribution in [3.05, 3.63) is 65.2 Å². The summed E-state index contributed by atoms with van der Waals surface area (Å²) in [6.07, 6.45) is -0.240. The summed E-state index contributed by atoms with van der Waals surface area (Å²) in [6.45, 7) is 3.82. The van der Waals surface area contributed by atoms with Crippen molar-refractivity contribution in [2.45, 2.75) is 37.8 Å². The number of nitrogens with one attached hydrogen (secondary N) is 1. The number of benzene rings is 2. The van der Waals surface area contributed by atoms with Gasteiger partial charge >= 0.3 is 5.97 Å². The normalized spacial score (nSPS) is 14.8. The van der Waals surface area contributed by atoms with Gasteiger partial charge in [0.05, 0.1) is 4.90 Å². The van der Waals surface area contributed by atoms with E-state index in [0.29, 0.717) is 13.1 Å². The molecule has 1 heterocycles. The Labute approximate surface area is 170 Å². The standard InChI is InChI=1S/C21H24N2O5S/c1-15-7-9-19(10-8-15)29(26,27)22-13-20(24)28-16(2)21(25)23-12-11-17-5-3-4-6-18(17)14-23/h3-10,16,22H,11-14H2,1-2H3/t16-/m0/s1. The van der Waals surface area contributed by atoms with Gasteiger partial charge in [0.25, 0.3) is 5.91 Å². The van der Waals surface area contributed by atoms with Gasteiger partial charge in [-0.05, 0) is 43.5 Å². The monoisotopic (exact) mass is 416 g/mol. The fraction of sp³-hybridized carbons (Fsp3) is 0.333. The van der Waals surface area contributed by atoms with Crippen LogP contribution in [0.25, 0.3) is 0 Å². The van der Waals surface area contributed by atoms with Crippen molar-refractivity contribution >= 4 is 21.9 Å². The van der Waals surface area contributed by atoms with Crippen LogP contribution in [0.1, 0.15) is 23.6 Å². The molecule has 0 unspecified atom stereocenters. The van der Waals surface area contributed by atoms with Gasteiger partial charge in [-0.1, -0.05) is 42.0 Å². The molecule has 0 spiro atoms. The lowest BCUT2D eigenvalue weighted by Crippen LogP contribution is -2.43. The van der Waals surface area contributed by atoms with E-state index in [4.69, 9.17) is 4.74 Å². The van der Waals surface area contributed by atoms with Crippen LogP contribution >= 0.6 is 0 Å². The van der Waals surface area contributed by atoms with E-state index in [9.17, 15) is 18.0 Å². The zero-order valence-corrected chi connectivity index (χ0v) is 17.2. The lowest BCUT2D eigenvalue weighted by Gasteiger charge is -2.30. The summed E-state index contributed by atoms with van der Waals surface area (Å²) in [4.78, 5) is 26.4. The van der Waals surface area contributed by atoms with Crippen molar-refractivity contribution < 1.29 is 22.7 Å². The first-order valence-electron chi connectivity index (χ1n) is 9.37. The number of esters is 1. The molecule has 1 aliphatic rings. The van der Waals surface area contributed by atoms with Gasteiger partial charge in [-0.15, -0.1) is 0 Å². The lowest BCUT2D eigenvalue weighted by atomic mass is 9.99. The maximum atomic E-state index is 12.6. The molecule has 0 saturated heterocycles. The number of carbonyl (C=O) groups is 2. The molecule has 154 valence electrons. The third kappa shape index (κ3) is 5.21. The number of aryl methyl sites for hydroxylation is 1. The van der Waals surface area contributed by atoms with Gasteiger partial charge in [0.1, 0.15) is 6.54 Å². The van der Waals surface area contributed by atoms with Gasteiger partial charge in [0.15, 0.2) is 6.10 Å². The van der Waals surface area contributed by atoms with Crippen molar-refractivity contribution in [3.8, 4) is 0 Å². The Hall–Kier alpha value is -2.71. The predicted octanol–water partition coefficient (Wildman–Crippen LogP) is 1.79. The molecule has 1 atom stereocenters. The van der Waals surface area contributed by atoms with Crippen LogP contribution in [0.4, 0.5) is 0 Å². The molecular weight excluding hydrogens is 392 g/mol. The number of sulfonamides is 1. The Bertz CT molecular complexity index is 1000. The summed E-state index contributed by atoms with van der Waals surface area (Å²) < 4.78 is 31.8. The molecule has 0 bridgehead atoms. The SMILES string of the molecule is Cc1ccc(S(=O)(=O)NCC(=O)O[C@@H](C)C(=O)N2CCc3ccccc3C2)cc1. The molecule has 2 aromatic rings. The van der Waals surface area contributed by atoms with Crippen molar-refractivity contribution in [1.29, 1.82) is 0 Å². The molecule has 1 aliphatic heterocycles. The lowest BCUT2D eigenvalue weighted by molar-refractivity contribution is -0.158. The number of ether oxygens (including phenoxy) is 1. The fourth-order valence-corrected chi connectivity index (χ4v) is 4.15. The van der Waals surface area contributed by atoms with Gasteiger partial charge in [0, 0.05) is 13.1 Å². The highest BCUT2D eigenvalue weighted by molar-refractivity contribution is 7.89. The number of rotatable bonds is 6. The van der Waals surface area contributed by atoms with Crippen molar-refractivity contribution in [2.24, 2.45) is 0 Å². The molecule has 1 N–H and O–H groups in total. The van der Waals surface area contributed by atoms with Crippen LogP contribution in [0.3, 0.4) is 0 Å². The van der Waals surface area contributed by atoms with E-state index < -0.39 is 28.6 Å². The number of amides is 1. The van der Waals surface area contributed by atoms with E-state index in [1.54, 1.807) is 17.0 Å². The van der Waals surface area contributed by atoms with E-state index in [0.717, 1.165) is 17.5 Å². The first kappa shape index (κ1) is 21.0. The maximum Gasteiger partial charge on any atom is 0.321 e. The van der Waals surface area contributed by atoms with Gasteiger partial charge < -0.3 is 9.64 Å². The Morgan fingerprint density at radius 3 is 2.45 bits per heavy atom. The van der Waals surface area contributed by atoms with Gasteiger partial charge in [-0.3, -0.25) is 9.59 Å². The van der Waals surface area contributed by atoms with Gasteiger partial charge in [0.2, 0.25) is 10.0 Å². The Balaban J connectivity index is 1.52. The van der Waals surface area contributed by atoms with Crippen LogP contribution in [0.2, 0.25) is 0 Å². The number of hydrogen-bond donors (Lipinski definition) is 1. The van der Waals surface area contributed by atoms with Crippen LogP contribution in [0.15, 0.2) is 53.4 Å². The number of nitrogens with zero attached hydrogens (tertiary/aromatic N) is 1. The molecule has 0 radical (unpaired) electrons. The molecule has 3 rings (SSSR count). The molecule has 0 saturated carbocycles. The van der Waals surface area contributed by atoms with E-state index in [1.807, 2.05) is 31.2 Å². The minimum absolute atomic E-state index is 0.0620. The number of hydrogen-bond acceptors (Lipinski definition) is 5. The number of fused-ring (bicyclic) bond motifs is 1. The molecule has 29 heavy (non-hydrogen) atoms. The second-order valence-corrected chi connectivity index (χ2v) is 8.82. The molecule has 0 fully saturated rings. The van der Waals surface area contributed by atoms with Crippen LogP contribution in [0, 0.1) is 6.92 Å². The first-order chi connectivity index (χ1) is 13.8. The molecule has 1 amide bonds. The maximum absolute atomic E-state index is 12.6. The molecule has 2 aromatic carbocycles. The highest BCUT2D eigenvalue weighted by atomic mass is 32.2. The van der Waals surface area contributed by atoms with Crippen LogP contribution in [-0.4, -0.2) is 44.4 Å². The zero-order valence-electron chi connectivity index (χ0n) is 16.4. The molecule has 0 aliphatic carbocycles. The van der Waals surface area contributed by atoms with Gasteiger partial charge in [-0.25, -0.2) is 8.42 Å². The first-order valence-corrected chi connectivity index (χ1v) is 10.9. The minimum atomic E-state index is -3.83. The summed E-state index contributed by atoms with van der Waals surface area (Å²) in [7, 11) is -3.83. The van der Waals surface area contributed by atoms with E-state index in [1.165, 1.54) is 24.6 Å². The Morgan fingerprint density at radius 2 is 1.76 bits per heavy atom. The van der Waals surface area contributed by atoms with Crippen LogP contribution in [-0.2, 0) is 37.3 Å². The summed E-state index contributed by atoms with van der Waals surface area (Å²) in [5.41, 5.74) is 3.22. The average Bonchev–Trinajstić information content (AvgIpc) is 2.71.